The van der Waals surface area contributed by atoms with Gasteiger partial charge >= 0.3 is 6.09 Å². The molecule has 2 rings (SSSR count). The highest BCUT2D eigenvalue weighted by Gasteiger charge is 2.46. The molecule has 1 aliphatic carbocycles. The van der Waals surface area contributed by atoms with Crippen molar-refractivity contribution < 1.29 is 9.53 Å². The summed E-state index contributed by atoms with van der Waals surface area (Å²) < 4.78 is 5.27. The maximum absolute atomic E-state index is 11.6. The summed E-state index contributed by atoms with van der Waals surface area (Å²) in [4.78, 5) is 11.6. The van der Waals surface area contributed by atoms with Crippen molar-refractivity contribution in [1.82, 2.24) is 10.6 Å². The molecule has 1 saturated heterocycles. The van der Waals surface area contributed by atoms with Crippen LogP contribution in [0.3, 0.4) is 0 Å². The molecule has 2 fully saturated rings. The van der Waals surface area contributed by atoms with E-state index in [1.165, 1.54) is 19.3 Å². The molecule has 17 heavy (non-hydrogen) atoms. The summed E-state index contributed by atoms with van der Waals surface area (Å²) in [6.45, 7) is 8.56. The molecule has 2 N–H and O–H groups in total. The van der Waals surface area contributed by atoms with Crippen LogP contribution < -0.4 is 10.6 Å². The smallest absolute Gasteiger partial charge is 0.407 e. The van der Waals surface area contributed by atoms with E-state index in [0.717, 1.165) is 25.6 Å². The Morgan fingerprint density at radius 1 is 1.53 bits per heavy atom. The SMILES string of the molecule is CC(C)(C)OC(=O)NC[C@]12CCC[C@H]1CNC2. The molecule has 0 radical (unpaired) electrons. The van der Waals surface area contributed by atoms with Crippen LogP contribution in [0.5, 0.6) is 0 Å². The van der Waals surface area contributed by atoms with Gasteiger partial charge in [-0.3, -0.25) is 0 Å². The zero-order chi connectivity index (χ0) is 12.5. The minimum Gasteiger partial charge on any atom is -0.444 e. The van der Waals surface area contributed by atoms with Crippen LogP contribution in [0.4, 0.5) is 4.79 Å². The van der Waals surface area contributed by atoms with Crippen LogP contribution in [0.25, 0.3) is 0 Å². The van der Waals surface area contributed by atoms with Gasteiger partial charge in [0.2, 0.25) is 0 Å². The third-order valence-electron chi connectivity index (χ3n) is 3.94. The normalized spacial score (nSPS) is 32.3. The molecule has 0 spiro atoms. The van der Waals surface area contributed by atoms with Crippen LogP contribution in [0, 0.1) is 11.3 Å². The Bertz CT molecular complexity index is 286. The van der Waals surface area contributed by atoms with Crippen LogP contribution >= 0.6 is 0 Å². The summed E-state index contributed by atoms with van der Waals surface area (Å²) in [5.41, 5.74) is -0.123. The second-order valence-electron chi connectivity index (χ2n) is 6.44. The second-order valence-corrected chi connectivity index (χ2v) is 6.44. The molecule has 4 heteroatoms. The standard InChI is InChI=1S/C13H24N2O2/c1-12(2,3)17-11(16)15-9-13-6-4-5-10(13)7-14-8-13/h10,14H,4-9H2,1-3H3,(H,15,16)/t10-,13+/m0/s1. The molecule has 0 aromatic carbocycles. The number of hydrogen-bond acceptors (Lipinski definition) is 3. The topological polar surface area (TPSA) is 50.4 Å². The minimum absolute atomic E-state index is 0.288. The first-order chi connectivity index (χ1) is 7.91. The lowest BCUT2D eigenvalue weighted by Crippen LogP contribution is -2.42. The van der Waals surface area contributed by atoms with E-state index >= 15 is 0 Å². The van der Waals surface area contributed by atoms with Crippen molar-refractivity contribution in [2.45, 2.75) is 45.6 Å². The van der Waals surface area contributed by atoms with Gasteiger partial charge in [0.05, 0.1) is 0 Å². The van der Waals surface area contributed by atoms with Gasteiger partial charge in [-0.2, -0.15) is 0 Å². The summed E-state index contributed by atoms with van der Waals surface area (Å²) in [5.74, 6) is 0.734. The number of carbonyl (C=O) groups is 1. The van der Waals surface area contributed by atoms with Gasteiger partial charge < -0.3 is 15.4 Å². The first-order valence-corrected chi connectivity index (χ1v) is 6.59. The highest BCUT2D eigenvalue weighted by Crippen LogP contribution is 2.45. The molecular formula is C13H24N2O2. The number of rotatable bonds is 2. The number of alkyl carbamates (subject to hydrolysis) is 1. The third-order valence-corrected chi connectivity index (χ3v) is 3.94. The van der Waals surface area contributed by atoms with Gasteiger partial charge in [0, 0.05) is 18.5 Å². The Kier molecular flexibility index (Phi) is 3.34. The quantitative estimate of drug-likeness (QED) is 0.775. The number of fused-ring (bicyclic) bond motifs is 1. The fraction of sp³-hybridized carbons (Fsp3) is 0.923. The monoisotopic (exact) mass is 240 g/mol. The summed E-state index contributed by atoms with van der Waals surface area (Å²) >= 11 is 0. The van der Waals surface area contributed by atoms with Gasteiger partial charge in [-0.1, -0.05) is 6.42 Å². The van der Waals surface area contributed by atoms with Gasteiger partial charge in [-0.25, -0.2) is 4.79 Å². The number of hydrogen-bond donors (Lipinski definition) is 2. The van der Waals surface area contributed by atoms with Crippen LogP contribution in [-0.2, 0) is 4.74 Å². The zero-order valence-corrected chi connectivity index (χ0v) is 11.1. The lowest BCUT2D eigenvalue weighted by Gasteiger charge is -2.29. The van der Waals surface area contributed by atoms with E-state index in [9.17, 15) is 4.79 Å². The molecule has 2 aliphatic rings. The Morgan fingerprint density at radius 3 is 3.00 bits per heavy atom. The van der Waals surface area contributed by atoms with Crippen molar-refractivity contribution in [2.75, 3.05) is 19.6 Å². The van der Waals surface area contributed by atoms with Crippen LogP contribution in [0.15, 0.2) is 0 Å². The molecule has 4 nitrogen and oxygen atoms in total. The van der Waals surface area contributed by atoms with Gasteiger partial charge in [0.1, 0.15) is 5.60 Å². The van der Waals surface area contributed by atoms with Crippen molar-refractivity contribution >= 4 is 6.09 Å². The Hall–Kier alpha value is -0.770. The van der Waals surface area contributed by atoms with E-state index < -0.39 is 5.60 Å². The molecular weight excluding hydrogens is 216 g/mol. The zero-order valence-electron chi connectivity index (χ0n) is 11.1. The lowest BCUT2D eigenvalue weighted by atomic mass is 9.81. The predicted octanol–water partition coefficient (Wildman–Crippen LogP) is 1.90. The first kappa shape index (κ1) is 12.7. The Morgan fingerprint density at radius 2 is 2.29 bits per heavy atom. The van der Waals surface area contributed by atoms with E-state index in [1.807, 2.05) is 20.8 Å². The van der Waals surface area contributed by atoms with Crippen molar-refractivity contribution in [3.8, 4) is 0 Å². The van der Waals surface area contributed by atoms with E-state index in [-0.39, 0.29) is 11.5 Å². The van der Waals surface area contributed by atoms with Crippen LogP contribution in [0.1, 0.15) is 40.0 Å². The molecule has 2 atom stereocenters. The van der Waals surface area contributed by atoms with E-state index in [0.29, 0.717) is 0 Å². The number of ether oxygens (including phenoxy) is 1. The van der Waals surface area contributed by atoms with E-state index in [2.05, 4.69) is 10.6 Å². The Balaban J connectivity index is 1.83. The second kappa shape index (κ2) is 4.48. The van der Waals surface area contributed by atoms with Crippen molar-refractivity contribution in [3.05, 3.63) is 0 Å². The maximum Gasteiger partial charge on any atom is 0.407 e. The summed E-state index contributed by atoms with van der Waals surface area (Å²) in [6, 6.07) is 0. The molecule has 0 bridgehead atoms. The summed E-state index contributed by atoms with van der Waals surface area (Å²) in [6.07, 6.45) is 3.52. The van der Waals surface area contributed by atoms with E-state index in [1.54, 1.807) is 0 Å². The summed E-state index contributed by atoms with van der Waals surface area (Å²) in [7, 11) is 0. The van der Waals surface area contributed by atoms with Crippen molar-refractivity contribution in [3.63, 3.8) is 0 Å². The number of nitrogens with one attached hydrogen (secondary N) is 2. The third kappa shape index (κ3) is 2.92. The first-order valence-electron chi connectivity index (χ1n) is 6.59. The van der Waals surface area contributed by atoms with Crippen molar-refractivity contribution in [2.24, 2.45) is 11.3 Å². The highest BCUT2D eigenvalue weighted by molar-refractivity contribution is 5.67. The molecule has 0 aromatic heterocycles. The molecule has 1 amide bonds. The van der Waals surface area contributed by atoms with Gasteiger partial charge in [-0.05, 0) is 46.1 Å². The predicted molar refractivity (Wildman–Crippen MR) is 66.9 cm³/mol. The molecule has 1 heterocycles. The molecule has 1 saturated carbocycles. The maximum atomic E-state index is 11.6. The largest absolute Gasteiger partial charge is 0.444 e. The van der Waals surface area contributed by atoms with Gasteiger partial charge in [0.25, 0.3) is 0 Å². The Labute approximate surface area is 103 Å². The van der Waals surface area contributed by atoms with Crippen LogP contribution in [0.2, 0.25) is 0 Å². The lowest BCUT2D eigenvalue weighted by molar-refractivity contribution is 0.0497. The fourth-order valence-electron chi connectivity index (χ4n) is 3.12. The molecule has 0 unspecified atom stereocenters. The number of amides is 1. The average molecular weight is 240 g/mol. The summed E-state index contributed by atoms with van der Waals surface area (Å²) in [5, 5.41) is 6.39. The fourth-order valence-corrected chi connectivity index (χ4v) is 3.12. The van der Waals surface area contributed by atoms with E-state index in [4.69, 9.17) is 4.74 Å². The minimum atomic E-state index is -0.412. The molecule has 0 aromatic rings. The molecule has 98 valence electrons. The van der Waals surface area contributed by atoms with Crippen LogP contribution in [-0.4, -0.2) is 31.3 Å². The number of carbonyl (C=O) groups excluding carboxylic acids is 1. The average Bonchev–Trinajstić information content (AvgIpc) is 2.69. The van der Waals surface area contributed by atoms with Gasteiger partial charge in [0.15, 0.2) is 0 Å². The highest BCUT2D eigenvalue weighted by atomic mass is 16.6. The molecule has 1 aliphatic heterocycles. The van der Waals surface area contributed by atoms with Crippen molar-refractivity contribution in [1.29, 1.82) is 0 Å². The van der Waals surface area contributed by atoms with Gasteiger partial charge in [-0.15, -0.1) is 0 Å².